The van der Waals surface area contributed by atoms with Gasteiger partial charge in [0.1, 0.15) is 5.75 Å². The van der Waals surface area contributed by atoms with Gasteiger partial charge in [-0.3, -0.25) is 0 Å². The van der Waals surface area contributed by atoms with E-state index in [1.807, 2.05) is 6.07 Å². The summed E-state index contributed by atoms with van der Waals surface area (Å²) in [7, 11) is 0. The van der Waals surface area contributed by atoms with Gasteiger partial charge in [-0.15, -0.1) is 0 Å². The van der Waals surface area contributed by atoms with Crippen molar-refractivity contribution >= 4 is 0 Å². The Balaban J connectivity index is 2.54. The predicted molar refractivity (Wildman–Crippen MR) is 58.8 cm³/mol. The van der Waals surface area contributed by atoms with Gasteiger partial charge in [0.2, 0.25) is 0 Å². The second-order valence-electron chi connectivity index (χ2n) is 4.70. The van der Waals surface area contributed by atoms with Crippen molar-refractivity contribution in [3.05, 3.63) is 28.3 Å². The molecule has 1 saturated carbocycles. The van der Waals surface area contributed by atoms with E-state index in [2.05, 4.69) is 27.7 Å². The number of aromatic hydroxyl groups is 1. The maximum atomic E-state index is 9.92. The number of phenols is 1. The van der Waals surface area contributed by atoms with Crippen molar-refractivity contribution in [3.63, 3.8) is 0 Å². The van der Waals surface area contributed by atoms with Gasteiger partial charge >= 0.3 is 0 Å². The van der Waals surface area contributed by atoms with Crippen LogP contribution in [-0.2, 0) is 0 Å². The molecule has 1 heteroatoms. The quantitative estimate of drug-likeness (QED) is 0.719. The van der Waals surface area contributed by atoms with Crippen molar-refractivity contribution in [2.24, 2.45) is 5.92 Å². The van der Waals surface area contributed by atoms with Crippen molar-refractivity contribution in [1.82, 2.24) is 0 Å². The van der Waals surface area contributed by atoms with Crippen LogP contribution in [0.1, 0.15) is 41.5 Å². The number of aryl methyl sites for hydroxylation is 1. The molecule has 2 unspecified atom stereocenters. The molecule has 76 valence electrons. The smallest absolute Gasteiger partial charge is 0.119 e. The van der Waals surface area contributed by atoms with Crippen LogP contribution in [0.25, 0.3) is 0 Å². The minimum Gasteiger partial charge on any atom is -0.508 e. The van der Waals surface area contributed by atoms with E-state index in [1.54, 1.807) is 0 Å². The Morgan fingerprint density at radius 3 is 2.29 bits per heavy atom. The SMILES string of the molecule is Cc1cc(O)c(C2CC2C)c(C)c1C. The lowest BCUT2D eigenvalue weighted by molar-refractivity contribution is 0.466. The molecule has 14 heavy (non-hydrogen) atoms. The van der Waals surface area contributed by atoms with Crippen molar-refractivity contribution in [1.29, 1.82) is 0 Å². The molecule has 0 saturated heterocycles. The van der Waals surface area contributed by atoms with Crippen molar-refractivity contribution < 1.29 is 5.11 Å². The van der Waals surface area contributed by atoms with Crippen LogP contribution in [0.2, 0.25) is 0 Å². The number of benzene rings is 1. The Morgan fingerprint density at radius 2 is 1.79 bits per heavy atom. The minimum atomic E-state index is 0.500. The van der Waals surface area contributed by atoms with Gasteiger partial charge in [0.05, 0.1) is 0 Å². The lowest BCUT2D eigenvalue weighted by atomic mass is 9.94. The molecule has 1 N–H and O–H groups in total. The summed E-state index contributed by atoms with van der Waals surface area (Å²) in [6.45, 7) is 8.57. The summed E-state index contributed by atoms with van der Waals surface area (Å²) in [4.78, 5) is 0. The van der Waals surface area contributed by atoms with E-state index in [9.17, 15) is 5.11 Å². The Bertz CT molecular complexity index is 379. The van der Waals surface area contributed by atoms with Crippen LogP contribution in [0, 0.1) is 26.7 Å². The highest BCUT2D eigenvalue weighted by Crippen LogP contribution is 2.51. The maximum absolute atomic E-state index is 9.92. The third-order valence-electron chi connectivity index (χ3n) is 3.67. The van der Waals surface area contributed by atoms with Crippen LogP contribution in [0.15, 0.2) is 6.07 Å². The first kappa shape index (κ1) is 9.57. The highest BCUT2D eigenvalue weighted by molar-refractivity contribution is 5.51. The van der Waals surface area contributed by atoms with Crippen LogP contribution in [-0.4, -0.2) is 5.11 Å². The Kier molecular flexibility index (Phi) is 2.06. The zero-order valence-corrected chi connectivity index (χ0v) is 9.39. The molecule has 1 fully saturated rings. The Labute approximate surface area is 85.8 Å². The zero-order valence-electron chi connectivity index (χ0n) is 9.39. The first-order chi connectivity index (χ1) is 6.52. The summed E-state index contributed by atoms with van der Waals surface area (Å²) in [5.74, 6) is 1.86. The van der Waals surface area contributed by atoms with Gasteiger partial charge in [-0.2, -0.15) is 0 Å². The highest BCUT2D eigenvalue weighted by Gasteiger charge is 2.37. The summed E-state index contributed by atoms with van der Waals surface area (Å²) in [6, 6.07) is 1.91. The van der Waals surface area contributed by atoms with E-state index >= 15 is 0 Å². The van der Waals surface area contributed by atoms with E-state index in [4.69, 9.17) is 0 Å². The molecular formula is C13H18O. The normalized spacial score (nSPS) is 25.1. The monoisotopic (exact) mass is 190 g/mol. The van der Waals surface area contributed by atoms with Crippen molar-refractivity contribution in [3.8, 4) is 5.75 Å². The van der Waals surface area contributed by atoms with Crippen LogP contribution in [0.4, 0.5) is 0 Å². The summed E-state index contributed by atoms with van der Waals surface area (Å²) in [5.41, 5.74) is 5.01. The molecule has 1 aliphatic carbocycles. The fourth-order valence-corrected chi connectivity index (χ4v) is 2.27. The number of phenolic OH excluding ortho intramolecular Hbond substituents is 1. The Hall–Kier alpha value is -0.980. The molecular weight excluding hydrogens is 172 g/mol. The largest absolute Gasteiger partial charge is 0.508 e. The van der Waals surface area contributed by atoms with Crippen LogP contribution in [0.3, 0.4) is 0 Å². The van der Waals surface area contributed by atoms with Gasteiger partial charge in [0.25, 0.3) is 0 Å². The van der Waals surface area contributed by atoms with Gasteiger partial charge < -0.3 is 5.11 Å². The predicted octanol–water partition coefficient (Wildman–Crippen LogP) is 3.44. The summed E-state index contributed by atoms with van der Waals surface area (Å²) < 4.78 is 0. The molecule has 0 bridgehead atoms. The molecule has 1 aromatic rings. The zero-order chi connectivity index (χ0) is 10.5. The van der Waals surface area contributed by atoms with Crippen molar-refractivity contribution in [2.75, 3.05) is 0 Å². The topological polar surface area (TPSA) is 20.2 Å². The average molecular weight is 190 g/mol. The molecule has 0 radical (unpaired) electrons. The lowest BCUT2D eigenvalue weighted by Crippen LogP contribution is -1.95. The van der Waals surface area contributed by atoms with Gasteiger partial charge in [0, 0.05) is 5.56 Å². The fraction of sp³-hybridized carbons (Fsp3) is 0.538. The second kappa shape index (κ2) is 3.01. The lowest BCUT2D eigenvalue weighted by Gasteiger charge is -2.13. The molecule has 1 nitrogen and oxygen atoms in total. The van der Waals surface area contributed by atoms with E-state index in [0.717, 1.165) is 5.92 Å². The van der Waals surface area contributed by atoms with Gasteiger partial charge in [-0.25, -0.2) is 0 Å². The number of hydrogen-bond donors (Lipinski definition) is 1. The van der Waals surface area contributed by atoms with Crippen molar-refractivity contribution in [2.45, 2.75) is 40.0 Å². The summed E-state index contributed by atoms with van der Waals surface area (Å²) in [6.07, 6.45) is 1.23. The van der Waals surface area contributed by atoms with Gasteiger partial charge in [-0.1, -0.05) is 6.92 Å². The standard InChI is InChI=1S/C13H18O/c1-7-6-12(14)13(10(4)9(7)3)11-5-8(11)2/h6,8,11,14H,5H2,1-4H3. The third kappa shape index (κ3) is 1.31. The Morgan fingerprint density at radius 1 is 1.21 bits per heavy atom. The van der Waals surface area contributed by atoms with E-state index < -0.39 is 0 Å². The molecule has 0 aromatic heterocycles. The van der Waals surface area contributed by atoms with Gasteiger partial charge in [0.15, 0.2) is 0 Å². The van der Waals surface area contributed by atoms with Crippen LogP contribution in [0.5, 0.6) is 5.75 Å². The van der Waals surface area contributed by atoms with E-state index in [-0.39, 0.29) is 0 Å². The average Bonchev–Trinajstić information content (AvgIpc) is 2.79. The molecule has 1 aliphatic rings. The molecule has 0 spiro atoms. The van der Waals surface area contributed by atoms with E-state index in [1.165, 1.54) is 28.7 Å². The highest BCUT2D eigenvalue weighted by atomic mass is 16.3. The molecule has 2 rings (SSSR count). The number of hydrogen-bond acceptors (Lipinski definition) is 1. The van der Waals surface area contributed by atoms with Gasteiger partial charge in [-0.05, 0) is 61.8 Å². The molecule has 1 aromatic carbocycles. The summed E-state index contributed by atoms with van der Waals surface area (Å²) in [5, 5.41) is 9.92. The second-order valence-corrected chi connectivity index (χ2v) is 4.70. The van der Waals surface area contributed by atoms with Crippen LogP contribution >= 0.6 is 0 Å². The minimum absolute atomic E-state index is 0.500. The first-order valence-electron chi connectivity index (χ1n) is 5.32. The molecule has 0 heterocycles. The molecule has 2 atom stereocenters. The molecule has 0 aliphatic heterocycles. The van der Waals surface area contributed by atoms with E-state index in [0.29, 0.717) is 11.7 Å². The maximum Gasteiger partial charge on any atom is 0.119 e. The fourth-order valence-electron chi connectivity index (χ4n) is 2.27. The first-order valence-corrected chi connectivity index (χ1v) is 5.32. The molecule has 0 amide bonds. The summed E-state index contributed by atoms with van der Waals surface area (Å²) >= 11 is 0. The van der Waals surface area contributed by atoms with Crippen LogP contribution < -0.4 is 0 Å². The number of rotatable bonds is 1. The third-order valence-corrected chi connectivity index (χ3v) is 3.67.